The fourth-order valence-corrected chi connectivity index (χ4v) is 2.26. The van der Waals surface area contributed by atoms with Gasteiger partial charge in [-0.15, -0.1) is 0 Å². The van der Waals surface area contributed by atoms with E-state index < -0.39 is 15.8 Å². The van der Waals surface area contributed by atoms with Gasteiger partial charge in [0.25, 0.3) is 0 Å². The summed E-state index contributed by atoms with van der Waals surface area (Å²) in [6.45, 7) is 0. The Labute approximate surface area is 88.3 Å². The van der Waals surface area contributed by atoms with Crippen LogP contribution in [-0.4, -0.2) is 8.42 Å². The first-order chi connectivity index (χ1) is 5.82. The van der Waals surface area contributed by atoms with E-state index in [1.54, 1.807) is 22.6 Å². The lowest BCUT2D eigenvalue weighted by Gasteiger charge is -2.04. The standard InChI is InChI=1S/C6H6FIN2O2S/c7-3-1-4(8)6(9)5(2-3)13(10,11)12/h1-2H,9H2,(H2,10,11,12). The lowest BCUT2D eigenvalue weighted by atomic mass is 10.3. The quantitative estimate of drug-likeness (QED) is 0.589. The molecule has 1 rings (SSSR count). The Morgan fingerprint density at radius 2 is 1.92 bits per heavy atom. The zero-order valence-corrected chi connectivity index (χ0v) is 9.26. The maximum Gasteiger partial charge on any atom is 0.240 e. The van der Waals surface area contributed by atoms with Crippen LogP contribution in [0.5, 0.6) is 0 Å². The van der Waals surface area contributed by atoms with Crippen molar-refractivity contribution in [2.24, 2.45) is 5.14 Å². The Hall–Kier alpha value is -0.410. The Morgan fingerprint density at radius 1 is 1.38 bits per heavy atom. The number of primary sulfonamides is 1. The highest BCUT2D eigenvalue weighted by Gasteiger charge is 2.15. The summed E-state index contributed by atoms with van der Waals surface area (Å²) in [6, 6.07) is 1.93. The van der Waals surface area contributed by atoms with E-state index in [0.717, 1.165) is 12.1 Å². The number of nitrogen functional groups attached to an aromatic ring is 1. The average molecular weight is 316 g/mol. The van der Waals surface area contributed by atoms with Crippen LogP contribution in [0, 0.1) is 9.39 Å². The number of anilines is 1. The molecule has 0 atom stereocenters. The van der Waals surface area contributed by atoms with Gasteiger partial charge in [0, 0.05) is 3.57 Å². The fraction of sp³-hybridized carbons (Fsp3) is 0. The van der Waals surface area contributed by atoms with Gasteiger partial charge in [0.05, 0.1) is 5.69 Å². The van der Waals surface area contributed by atoms with Crippen LogP contribution in [-0.2, 0) is 10.0 Å². The van der Waals surface area contributed by atoms with E-state index in [1.165, 1.54) is 0 Å². The molecule has 0 radical (unpaired) electrons. The molecule has 13 heavy (non-hydrogen) atoms. The van der Waals surface area contributed by atoms with Crippen molar-refractivity contribution in [2.75, 3.05) is 5.73 Å². The largest absolute Gasteiger partial charge is 0.397 e. The van der Waals surface area contributed by atoms with Crippen LogP contribution in [0.4, 0.5) is 10.1 Å². The van der Waals surface area contributed by atoms with Gasteiger partial charge in [0.2, 0.25) is 10.0 Å². The molecule has 0 saturated heterocycles. The maximum atomic E-state index is 12.8. The molecule has 1 aromatic rings. The minimum absolute atomic E-state index is 0.0236. The highest BCUT2D eigenvalue weighted by Crippen LogP contribution is 2.24. The number of halogens is 2. The van der Waals surface area contributed by atoms with E-state index in [1.807, 2.05) is 0 Å². The molecule has 0 unspecified atom stereocenters. The average Bonchev–Trinajstić information content (AvgIpc) is 1.94. The number of sulfonamides is 1. The number of rotatable bonds is 1. The van der Waals surface area contributed by atoms with Crippen LogP contribution >= 0.6 is 22.6 Å². The highest BCUT2D eigenvalue weighted by molar-refractivity contribution is 14.1. The topological polar surface area (TPSA) is 86.2 Å². The van der Waals surface area contributed by atoms with Gasteiger partial charge < -0.3 is 5.73 Å². The summed E-state index contributed by atoms with van der Waals surface area (Å²) in [5, 5.41) is 4.82. The van der Waals surface area contributed by atoms with Crippen molar-refractivity contribution in [3.05, 3.63) is 21.5 Å². The monoisotopic (exact) mass is 316 g/mol. The number of hydrogen-bond acceptors (Lipinski definition) is 3. The van der Waals surface area contributed by atoms with Crippen molar-refractivity contribution in [1.82, 2.24) is 0 Å². The van der Waals surface area contributed by atoms with Crippen molar-refractivity contribution >= 4 is 38.3 Å². The summed E-state index contributed by atoms with van der Waals surface area (Å²) in [5.41, 5.74) is 5.38. The van der Waals surface area contributed by atoms with E-state index in [0.29, 0.717) is 3.57 Å². The van der Waals surface area contributed by atoms with Crippen molar-refractivity contribution in [3.8, 4) is 0 Å². The first-order valence-corrected chi connectivity index (χ1v) is 5.72. The maximum absolute atomic E-state index is 12.8. The van der Waals surface area contributed by atoms with Crippen LogP contribution in [0.15, 0.2) is 17.0 Å². The lowest BCUT2D eigenvalue weighted by Crippen LogP contribution is -2.15. The molecular weight excluding hydrogens is 310 g/mol. The van der Waals surface area contributed by atoms with E-state index in [9.17, 15) is 12.8 Å². The molecule has 72 valence electrons. The Bertz CT molecular complexity index is 446. The van der Waals surface area contributed by atoms with Gasteiger partial charge in [0.15, 0.2) is 0 Å². The van der Waals surface area contributed by atoms with Crippen LogP contribution < -0.4 is 10.9 Å². The van der Waals surface area contributed by atoms with E-state index in [4.69, 9.17) is 10.9 Å². The van der Waals surface area contributed by atoms with E-state index >= 15 is 0 Å². The lowest BCUT2D eigenvalue weighted by molar-refractivity contribution is 0.592. The minimum Gasteiger partial charge on any atom is -0.397 e. The Kier molecular flexibility index (Phi) is 2.78. The Morgan fingerprint density at radius 3 is 2.38 bits per heavy atom. The van der Waals surface area contributed by atoms with E-state index in [-0.39, 0.29) is 10.6 Å². The summed E-state index contributed by atoms with van der Waals surface area (Å²) in [4.78, 5) is -0.378. The predicted octanol–water partition coefficient (Wildman–Crippen LogP) is 0.660. The molecule has 4 N–H and O–H groups in total. The molecule has 0 bridgehead atoms. The van der Waals surface area contributed by atoms with Crippen molar-refractivity contribution in [3.63, 3.8) is 0 Å². The molecule has 0 fully saturated rings. The summed E-state index contributed by atoms with van der Waals surface area (Å²) in [5.74, 6) is -0.678. The molecule has 0 aliphatic heterocycles. The van der Waals surface area contributed by atoms with Crippen molar-refractivity contribution in [1.29, 1.82) is 0 Å². The van der Waals surface area contributed by atoms with Gasteiger partial charge >= 0.3 is 0 Å². The van der Waals surface area contributed by atoms with Gasteiger partial charge in [0.1, 0.15) is 10.7 Å². The third kappa shape index (κ3) is 2.29. The van der Waals surface area contributed by atoms with Crippen molar-refractivity contribution < 1.29 is 12.8 Å². The van der Waals surface area contributed by atoms with Gasteiger partial charge in [-0.1, -0.05) is 0 Å². The summed E-state index contributed by atoms with van der Waals surface area (Å²) >= 11 is 1.73. The van der Waals surface area contributed by atoms with Gasteiger partial charge in [-0.3, -0.25) is 0 Å². The summed E-state index contributed by atoms with van der Waals surface area (Å²) < 4.78 is 34.9. The van der Waals surface area contributed by atoms with Crippen molar-refractivity contribution in [2.45, 2.75) is 4.90 Å². The molecule has 0 spiro atoms. The molecule has 4 nitrogen and oxygen atoms in total. The van der Waals surface area contributed by atoms with Crippen LogP contribution in [0.2, 0.25) is 0 Å². The molecule has 0 saturated carbocycles. The van der Waals surface area contributed by atoms with Gasteiger partial charge in [-0.05, 0) is 34.7 Å². The van der Waals surface area contributed by atoms with E-state index in [2.05, 4.69) is 0 Å². The van der Waals surface area contributed by atoms with Crippen LogP contribution in [0.25, 0.3) is 0 Å². The zero-order valence-electron chi connectivity index (χ0n) is 6.29. The normalized spacial score (nSPS) is 11.6. The Balaban J connectivity index is 3.56. The van der Waals surface area contributed by atoms with Gasteiger partial charge in [-0.2, -0.15) is 0 Å². The number of benzene rings is 1. The third-order valence-corrected chi connectivity index (χ3v) is 3.21. The molecule has 7 heteroatoms. The number of hydrogen-bond donors (Lipinski definition) is 2. The number of nitrogens with two attached hydrogens (primary N) is 2. The third-order valence-electron chi connectivity index (χ3n) is 1.36. The molecular formula is C6H6FIN2O2S. The van der Waals surface area contributed by atoms with Gasteiger partial charge in [-0.25, -0.2) is 17.9 Å². The molecule has 0 aliphatic rings. The second-order valence-electron chi connectivity index (χ2n) is 2.34. The first-order valence-electron chi connectivity index (χ1n) is 3.09. The summed E-state index contributed by atoms with van der Waals surface area (Å²) in [6.07, 6.45) is 0. The molecule has 0 amide bonds. The van der Waals surface area contributed by atoms with Crippen LogP contribution in [0.1, 0.15) is 0 Å². The SMILES string of the molecule is Nc1c(I)cc(F)cc1S(N)(=O)=O. The fourth-order valence-electron chi connectivity index (χ4n) is 0.797. The minimum atomic E-state index is -3.95. The zero-order chi connectivity index (χ0) is 10.2. The van der Waals surface area contributed by atoms with Crippen LogP contribution in [0.3, 0.4) is 0 Å². The predicted molar refractivity (Wildman–Crippen MR) is 54.9 cm³/mol. The highest BCUT2D eigenvalue weighted by atomic mass is 127. The molecule has 0 aromatic heterocycles. The smallest absolute Gasteiger partial charge is 0.240 e. The molecule has 0 aliphatic carbocycles. The molecule has 1 aromatic carbocycles. The summed E-state index contributed by atoms with van der Waals surface area (Å²) in [7, 11) is -3.95. The second-order valence-corrected chi connectivity index (χ2v) is 5.04. The molecule has 0 heterocycles. The second kappa shape index (κ2) is 3.39. The first kappa shape index (κ1) is 10.7.